The molecule has 1 aromatic rings. The summed E-state index contributed by atoms with van der Waals surface area (Å²) in [5.74, 6) is 0.0856. The molecule has 0 unspecified atom stereocenters. The monoisotopic (exact) mass is 215 g/mol. The number of hydrogen-bond acceptors (Lipinski definition) is 0. The number of hydrogen-bond donors (Lipinski definition) is 0. The third-order valence-electron chi connectivity index (χ3n) is 1.52. The van der Waals surface area contributed by atoms with Gasteiger partial charge in [0.2, 0.25) is 0 Å². The van der Waals surface area contributed by atoms with E-state index in [2.05, 4.69) is 35.8 Å². The molecule has 0 aliphatic rings. The van der Waals surface area contributed by atoms with Crippen molar-refractivity contribution in [3.63, 3.8) is 0 Å². The molecule has 0 atom stereocenters. The third-order valence-corrected chi connectivity index (χ3v) is 2.20. The topological polar surface area (TPSA) is 0 Å². The van der Waals surface area contributed by atoms with Crippen LogP contribution in [0.15, 0.2) is 16.6 Å². The average Bonchev–Trinajstić information content (AvgIpc) is 1.85. The molecule has 0 spiro atoms. The number of benzene rings is 1. The second kappa shape index (κ2) is 3.35. The Balaban J connectivity index is 3.09. The molecule has 0 saturated carbocycles. The van der Waals surface area contributed by atoms with Gasteiger partial charge in [-0.25, -0.2) is 4.39 Å². The molecule has 11 heavy (non-hydrogen) atoms. The number of rotatable bonds is 1. The summed E-state index contributed by atoms with van der Waals surface area (Å²) < 4.78 is 13.3. The predicted octanol–water partition coefficient (Wildman–Crippen LogP) is 3.51. The van der Waals surface area contributed by atoms with E-state index < -0.39 is 0 Å². The van der Waals surface area contributed by atoms with Gasteiger partial charge in [0, 0.05) is 10.5 Å². The lowest BCUT2D eigenvalue weighted by atomic mass is 10.0. The Labute approximate surface area is 74.6 Å². The first-order valence-corrected chi connectivity index (χ1v) is 4.27. The van der Waals surface area contributed by atoms with Crippen LogP contribution in [0.1, 0.15) is 25.3 Å². The zero-order valence-corrected chi connectivity index (χ0v) is 8.07. The summed E-state index contributed by atoms with van der Waals surface area (Å²) >= 11 is 3.29. The first-order valence-electron chi connectivity index (χ1n) is 3.48. The van der Waals surface area contributed by atoms with Crippen molar-refractivity contribution in [3.8, 4) is 0 Å². The molecule has 0 amide bonds. The minimum Gasteiger partial charge on any atom is -0.206 e. The Kier molecular flexibility index (Phi) is 2.66. The Morgan fingerprint density at radius 2 is 2.18 bits per heavy atom. The van der Waals surface area contributed by atoms with Crippen LogP contribution in [0.4, 0.5) is 4.39 Å². The van der Waals surface area contributed by atoms with Crippen molar-refractivity contribution >= 4 is 15.9 Å². The molecule has 1 rings (SSSR count). The third kappa shape index (κ3) is 2.03. The van der Waals surface area contributed by atoms with Crippen molar-refractivity contribution in [1.29, 1.82) is 0 Å². The Hall–Kier alpha value is -0.370. The molecule has 59 valence electrons. The smallest absolute Gasteiger partial charge is 0.132 e. The second-order valence-electron chi connectivity index (χ2n) is 2.74. The SMILES string of the molecule is CC(C)c1c[c]c(F)cc1Br. The molecule has 0 aliphatic carbocycles. The fraction of sp³-hybridized carbons (Fsp3) is 0.333. The highest BCUT2D eigenvalue weighted by Crippen LogP contribution is 2.24. The van der Waals surface area contributed by atoms with Gasteiger partial charge >= 0.3 is 0 Å². The lowest BCUT2D eigenvalue weighted by Gasteiger charge is -2.06. The zero-order valence-electron chi connectivity index (χ0n) is 6.49. The van der Waals surface area contributed by atoms with Gasteiger partial charge in [0.15, 0.2) is 0 Å². The molecule has 0 nitrogen and oxygen atoms in total. The fourth-order valence-electron chi connectivity index (χ4n) is 0.894. The molecule has 0 aromatic heterocycles. The van der Waals surface area contributed by atoms with Gasteiger partial charge in [-0.1, -0.05) is 29.8 Å². The highest BCUT2D eigenvalue weighted by Gasteiger charge is 2.04. The van der Waals surface area contributed by atoms with Crippen molar-refractivity contribution < 1.29 is 4.39 Å². The Morgan fingerprint density at radius 1 is 1.55 bits per heavy atom. The van der Waals surface area contributed by atoms with E-state index in [0.717, 1.165) is 10.0 Å². The molecule has 0 fully saturated rings. The van der Waals surface area contributed by atoms with E-state index in [1.807, 2.05) is 0 Å². The van der Waals surface area contributed by atoms with E-state index >= 15 is 0 Å². The molecular formula is C9H9BrF. The van der Waals surface area contributed by atoms with Gasteiger partial charge in [-0.2, -0.15) is 0 Å². The molecular weight excluding hydrogens is 207 g/mol. The standard InChI is InChI=1S/C9H9BrF/c1-6(2)8-4-3-7(11)5-9(8)10/h4-6H,1-2H3. The largest absolute Gasteiger partial charge is 0.206 e. The van der Waals surface area contributed by atoms with Crippen molar-refractivity contribution in [2.24, 2.45) is 0 Å². The van der Waals surface area contributed by atoms with Crippen LogP contribution in [0.3, 0.4) is 0 Å². The van der Waals surface area contributed by atoms with Crippen LogP contribution in [0.5, 0.6) is 0 Å². The van der Waals surface area contributed by atoms with Gasteiger partial charge in [-0.15, -0.1) is 0 Å². The maximum atomic E-state index is 12.5. The van der Waals surface area contributed by atoms with Crippen molar-refractivity contribution in [1.82, 2.24) is 0 Å². The molecule has 1 aromatic carbocycles. The molecule has 0 N–H and O–H groups in total. The summed E-state index contributed by atoms with van der Waals surface area (Å²) in [6.45, 7) is 4.12. The molecule has 1 radical (unpaired) electrons. The second-order valence-corrected chi connectivity index (χ2v) is 3.59. The quantitative estimate of drug-likeness (QED) is 0.673. The predicted molar refractivity (Wildman–Crippen MR) is 47.0 cm³/mol. The van der Waals surface area contributed by atoms with Gasteiger partial charge in [-0.3, -0.25) is 0 Å². The van der Waals surface area contributed by atoms with E-state index in [4.69, 9.17) is 0 Å². The summed E-state index contributed by atoms with van der Waals surface area (Å²) in [6, 6.07) is 5.65. The van der Waals surface area contributed by atoms with Crippen LogP contribution in [0.2, 0.25) is 0 Å². The maximum Gasteiger partial charge on any atom is 0.132 e. The Morgan fingerprint density at radius 3 is 2.64 bits per heavy atom. The molecule has 0 aliphatic heterocycles. The highest BCUT2D eigenvalue weighted by atomic mass is 79.9. The van der Waals surface area contributed by atoms with Crippen LogP contribution in [0.25, 0.3) is 0 Å². The Bertz CT molecular complexity index is 256. The van der Waals surface area contributed by atoms with Crippen LogP contribution >= 0.6 is 15.9 Å². The van der Waals surface area contributed by atoms with Gasteiger partial charge in [0.1, 0.15) is 5.82 Å². The molecule has 2 heteroatoms. The van der Waals surface area contributed by atoms with Gasteiger partial charge in [0.25, 0.3) is 0 Å². The van der Waals surface area contributed by atoms with E-state index in [9.17, 15) is 4.39 Å². The highest BCUT2D eigenvalue weighted by molar-refractivity contribution is 9.10. The van der Waals surface area contributed by atoms with Gasteiger partial charge in [-0.05, 0) is 23.6 Å². The van der Waals surface area contributed by atoms with E-state index in [0.29, 0.717) is 5.92 Å². The van der Waals surface area contributed by atoms with Crippen LogP contribution in [0, 0.1) is 11.9 Å². The first kappa shape index (κ1) is 8.72. The van der Waals surface area contributed by atoms with Gasteiger partial charge < -0.3 is 0 Å². The minimum atomic E-state index is -0.318. The van der Waals surface area contributed by atoms with Crippen molar-refractivity contribution in [2.45, 2.75) is 19.8 Å². The normalized spacial score (nSPS) is 10.6. The van der Waals surface area contributed by atoms with E-state index in [-0.39, 0.29) is 5.82 Å². The molecule has 0 bridgehead atoms. The molecule has 0 saturated heterocycles. The summed E-state index contributed by atoms with van der Waals surface area (Å²) in [6.07, 6.45) is 0. The van der Waals surface area contributed by atoms with Crippen molar-refractivity contribution in [3.05, 3.63) is 34.1 Å². The average molecular weight is 216 g/mol. The fourth-order valence-corrected chi connectivity index (χ4v) is 1.67. The summed E-state index contributed by atoms with van der Waals surface area (Å²) in [5, 5.41) is 0. The first-order chi connectivity index (χ1) is 5.11. The van der Waals surface area contributed by atoms with E-state index in [1.165, 1.54) is 6.07 Å². The van der Waals surface area contributed by atoms with Crippen LogP contribution in [-0.4, -0.2) is 0 Å². The lowest BCUT2D eigenvalue weighted by Crippen LogP contribution is -1.89. The maximum absolute atomic E-state index is 12.5. The number of halogens is 2. The summed E-state index contributed by atoms with van der Waals surface area (Å²) in [4.78, 5) is 0. The van der Waals surface area contributed by atoms with Crippen LogP contribution in [-0.2, 0) is 0 Å². The van der Waals surface area contributed by atoms with Crippen molar-refractivity contribution in [2.75, 3.05) is 0 Å². The molecule has 0 heterocycles. The summed E-state index contributed by atoms with van der Waals surface area (Å²) in [5.41, 5.74) is 1.09. The van der Waals surface area contributed by atoms with E-state index in [1.54, 1.807) is 6.07 Å². The summed E-state index contributed by atoms with van der Waals surface area (Å²) in [7, 11) is 0. The lowest BCUT2D eigenvalue weighted by molar-refractivity contribution is 0.622. The van der Waals surface area contributed by atoms with Crippen LogP contribution < -0.4 is 0 Å². The minimum absolute atomic E-state index is 0.318. The zero-order chi connectivity index (χ0) is 8.43. The van der Waals surface area contributed by atoms with Gasteiger partial charge in [0.05, 0.1) is 0 Å².